The van der Waals surface area contributed by atoms with Gasteiger partial charge in [0.2, 0.25) is 0 Å². The van der Waals surface area contributed by atoms with E-state index in [9.17, 15) is 14.4 Å². The number of ether oxygens (including phenoxy) is 1. The lowest BCUT2D eigenvalue weighted by Gasteiger charge is -2.07. The molecule has 0 aliphatic rings. The fourth-order valence-corrected chi connectivity index (χ4v) is 3.07. The predicted molar refractivity (Wildman–Crippen MR) is 107 cm³/mol. The van der Waals surface area contributed by atoms with Crippen molar-refractivity contribution in [3.63, 3.8) is 0 Å². The van der Waals surface area contributed by atoms with Crippen LogP contribution in [0.1, 0.15) is 19.8 Å². The second-order valence-electron chi connectivity index (χ2n) is 6.40. The zero-order valence-electron chi connectivity index (χ0n) is 15.8. The summed E-state index contributed by atoms with van der Waals surface area (Å²) < 4.78 is 8.33. The second-order valence-corrected chi connectivity index (χ2v) is 6.40. The highest BCUT2D eigenvalue weighted by atomic mass is 16.5. The van der Waals surface area contributed by atoms with Crippen LogP contribution in [-0.4, -0.2) is 27.6 Å². The summed E-state index contributed by atoms with van der Waals surface area (Å²) in [6, 6.07) is 16.4. The van der Waals surface area contributed by atoms with Crippen LogP contribution in [0.15, 0.2) is 59.4 Å². The molecule has 3 aromatic rings. The molecule has 0 aliphatic heterocycles. The molecule has 1 heterocycles. The first kappa shape index (κ1) is 19.4. The molecule has 1 amide bonds. The maximum Gasteiger partial charge on any atom is 0.329 e. The summed E-state index contributed by atoms with van der Waals surface area (Å²) in [5, 5.41) is 2.65. The van der Waals surface area contributed by atoms with Crippen LogP contribution in [0, 0.1) is 0 Å². The lowest BCUT2D eigenvalue weighted by Crippen LogP contribution is -2.26. The number of carbonyl (C=O) groups excluding carboxylic acids is 2. The van der Waals surface area contributed by atoms with Crippen LogP contribution in [0.3, 0.4) is 0 Å². The third-order valence-electron chi connectivity index (χ3n) is 4.33. The van der Waals surface area contributed by atoms with Crippen molar-refractivity contribution in [2.24, 2.45) is 0 Å². The normalized spacial score (nSPS) is 10.8. The minimum Gasteiger partial charge on any atom is -0.456 e. The number of imidazole rings is 1. The van der Waals surface area contributed by atoms with E-state index in [0.29, 0.717) is 12.2 Å². The van der Waals surface area contributed by atoms with Crippen molar-refractivity contribution in [2.75, 3.05) is 11.9 Å². The molecule has 146 valence electrons. The lowest BCUT2D eigenvalue weighted by molar-refractivity contribution is -0.147. The Bertz CT molecular complexity index is 1020. The number of hydrogen-bond acceptors (Lipinski definition) is 4. The molecule has 0 radical (unpaired) electrons. The molecule has 7 nitrogen and oxygen atoms in total. The summed E-state index contributed by atoms with van der Waals surface area (Å²) >= 11 is 0. The van der Waals surface area contributed by atoms with E-state index in [1.165, 1.54) is 0 Å². The summed E-state index contributed by atoms with van der Waals surface area (Å²) in [7, 11) is 0. The molecule has 0 fully saturated rings. The van der Waals surface area contributed by atoms with Crippen molar-refractivity contribution < 1.29 is 14.3 Å². The molecular weight excluding hydrogens is 358 g/mol. The third kappa shape index (κ3) is 4.49. The number of rotatable bonds is 8. The molecule has 0 saturated heterocycles. The van der Waals surface area contributed by atoms with E-state index in [2.05, 4.69) is 5.32 Å². The largest absolute Gasteiger partial charge is 0.456 e. The molecule has 3 rings (SSSR count). The lowest BCUT2D eigenvalue weighted by atomic mass is 10.3. The van der Waals surface area contributed by atoms with E-state index >= 15 is 0 Å². The first-order valence-corrected chi connectivity index (χ1v) is 9.28. The molecule has 0 bridgehead atoms. The van der Waals surface area contributed by atoms with Crippen LogP contribution in [0.5, 0.6) is 0 Å². The Kier molecular flexibility index (Phi) is 6.26. The zero-order chi connectivity index (χ0) is 19.9. The van der Waals surface area contributed by atoms with Crippen LogP contribution < -0.4 is 11.0 Å². The molecule has 28 heavy (non-hydrogen) atoms. The molecule has 0 atom stereocenters. The minimum absolute atomic E-state index is 0.0126. The van der Waals surface area contributed by atoms with E-state index in [0.717, 1.165) is 17.5 Å². The Hall–Kier alpha value is -3.35. The van der Waals surface area contributed by atoms with Gasteiger partial charge in [-0.2, -0.15) is 0 Å². The average Bonchev–Trinajstić information content (AvgIpc) is 2.97. The van der Waals surface area contributed by atoms with Gasteiger partial charge in [-0.15, -0.1) is 0 Å². The summed E-state index contributed by atoms with van der Waals surface area (Å²) in [6.45, 7) is 2.47. The fraction of sp³-hybridized carbons (Fsp3) is 0.286. The van der Waals surface area contributed by atoms with Gasteiger partial charge in [-0.1, -0.05) is 37.3 Å². The molecule has 0 spiro atoms. The first-order valence-electron chi connectivity index (χ1n) is 9.28. The first-order chi connectivity index (χ1) is 13.6. The van der Waals surface area contributed by atoms with Crippen molar-refractivity contribution in [1.29, 1.82) is 0 Å². The molecule has 0 aliphatic carbocycles. The molecule has 7 heteroatoms. The number of aromatic nitrogens is 2. The fourth-order valence-electron chi connectivity index (χ4n) is 3.07. The van der Waals surface area contributed by atoms with Gasteiger partial charge in [0.15, 0.2) is 6.61 Å². The summed E-state index contributed by atoms with van der Waals surface area (Å²) in [4.78, 5) is 36.5. The molecule has 0 saturated carbocycles. The smallest absolute Gasteiger partial charge is 0.329 e. The summed E-state index contributed by atoms with van der Waals surface area (Å²) in [5.74, 6) is -0.932. The molecular formula is C21H23N3O4. The van der Waals surface area contributed by atoms with E-state index in [-0.39, 0.29) is 25.3 Å². The highest BCUT2D eigenvalue weighted by Gasteiger charge is 2.14. The Morgan fingerprint density at radius 2 is 1.54 bits per heavy atom. The summed E-state index contributed by atoms with van der Waals surface area (Å²) in [5.41, 5.74) is 2.14. The van der Waals surface area contributed by atoms with Gasteiger partial charge < -0.3 is 10.1 Å². The number of fused-ring (bicyclic) bond motifs is 1. The number of nitrogens with one attached hydrogen (secondary N) is 1. The van der Waals surface area contributed by atoms with Gasteiger partial charge in [0.25, 0.3) is 5.91 Å². The zero-order valence-corrected chi connectivity index (χ0v) is 15.8. The van der Waals surface area contributed by atoms with Crippen molar-refractivity contribution in [3.8, 4) is 0 Å². The number of aryl methyl sites for hydroxylation is 2. The number of benzene rings is 2. The van der Waals surface area contributed by atoms with E-state index in [4.69, 9.17) is 4.74 Å². The maximum atomic E-state index is 12.7. The number of para-hydroxylation sites is 3. The van der Waals surface area contributed by atoms with Crippen LogP contribution in [-0.2, 0) is 27.4 Å². The number of hydrogen-bond donors (Lipinski definition) is 1. The van der Waals surface area contributed by atoms with Crippen molar-refractivity contribution >= 4 is 28.6 Å². The van der Waals surface area contributed by atoms with E-state index in [1.807, 2.05) is 37.3 Å². The van der Waals surface area contributed by atoms with E-state index < -0.39 is 11.9 Å². The average molecular weight is 381 g/mol. The van der Waals surface area contributed by atoms with E-state index in [1.54, 1.807) is 33.4 Å². The van der Waals surface area contributed by atoms with Gasteiger partial charge in [-0.25, -0.2) is 4.79 Å². The Labute approximate surface area is 162 Å². The highest BCUT2D eigenvalue weighted by Crippen LogP contribution is 2.13. The van der Waals surface area contributed by atoms with Gasteiger partial charge in [-0.05, 0) is 30.7 Å². The van der Waals surface area contributed by atoms with Gasteiger partial charge >= 0.3 is 11.7 Å². The molecule has 0 unspecified atom stereocenters. The van der Waals surface area contributed by atoms with Crippen LogP contribution >= 0.6 is 0 Å². The standard InChI is InChI=1S/C21H23N3O4/c1-2-13-23-17-10-6-7-11-18(17)24(21(23)27)14-12-20(26)28-15-19(25)22-16-8-4-3-5-9-16/h3-11H,2,12-15H2,1H3,(H,22,25). The third-order valence-corrected chi connectivity index (χ3v) is 4.33. The number of nitrogens with zero attached hydrogens (tertiary/aromatic N) is 2. The molecule has 1 N–H and O–H groups in total. The highest BCUT2D eigenvalue weighted by molar-refractivity contribution is 5.92. The van der Waals surface area contributed by atoms with Crippen LogP contribution in [0.4, 0.5) is 5.69 Å². The van der Waals surface area contributed by atoms with Crippen molar-refractivity contribution in [3.05, 3.63) is 65.1 Å². The number of carbonyl (C=O) groups is 2. The predicted octanol–water partition coefficient (Wildman–Crippen LogP) is 2.79. The minimum atomic E-state index is -0.526. The van der Waals surface area contributed by atoms with Gasteiger partial charge in [0, 0.05) is 18.8 Å². The maximum absolute atomic E-state index is 12.7. The Morgan fingerprint density at radius 1 is 0.929 bits per heavy atom. The van der Waals surface area contributed by atoms with Crippen molar-refractivity contribution in [1.82, 2.24) is 9.13 Å². The summed E-state index contributed by atoms with van der Waals surface area (Å²) in [6.07, 6.45) is 0.852. The molecule has 2 aromatic carbocycles. The van der Waals surface area contributed by atoms with Gasteiger partial charge in [-0.3, -0.25) is 18.7 Å². The monoisotopic (exact) mass is 381 g/mol. The van der Waals surface area contributed by atoms with Gasteiger partial charge in [0.1, 0.15) is 0 Å². The molecule has 1 aromatic heterocycles. The van der Waals surface area contributed by atoms with Crippen LogP contribution in [0.25, 0.3) is 11.0 Å². The quantitative estimate of drug-likeness (QED) is 0.608. The number of anilines is 1. The second kappa shape index (κ2) is 9.03. The van der Waals surface area contributed by atoms with Crippen molar-refractivity contribution in [2.45, 2.75) is 32.9 Å². The Morgan fingerprint density at radius 3 is 2.18 bits per heavy atom. The number of esters is 1. The topological polar surface area (TPSA) is 82.3 Å². The number of amides is 1. The Balaban J connectivity index is 1.58. The van der Waals surface area contributed by atoms with Crippen LogP contribution in [0.2, 0.25) is 0 Å². The van der Waals surface area contributed by atoms with Gasteiger partial charge in [0.05, 0.1) is 17.5 Å². The SMILES string of the molecule is CCCn1c(=O)n(CCC(=O)OCC(=O)Nc2ccccc2)c2ccccc21.